The molecule has 1 aromatic heterocycles. The van der Waals surface area contributed by atoms with Gasteiger partial charge in [-0.05, 0) is 26.3 Å². The van der Waals surface area contributed by atoms with Gasteiger partial charge in [0.15, 0.2) is 5.69 Å². The summed E-state index contributed by atoms with van der Waals surface area (Å²) >= 11 is 0. The second-order valence-corrected chi connectivity index (χ2v) is 4.45. The Morgan fingerprint density at radius 3 is 2.63 bits per heavy atom. The maximum absolute atomic E-state index is 12.3. The minimum atomic E-state index is -4.51. The second kappa shape index (κ2) is 6.05. The Hall–Kier alpha value is -1.57. The normalized spacial score (nSPS) is 15.1. The first-order valence-electron chi connectivity index (χ1n) is 5.76. The number of rotatable bonds is 5. The quantitative estimate of drug-likeness (QED) is 0.850. The van der Waals surface area contributed by atoms with E-state index in [0.29, 0.717) is 6.42 Å². The number of carbonyl (C=O) groups is 1. The molecule has 1 rings (SSSR count). The van der Waals surface area contributed by atoms with Crippen LogP contribution < -0.4 is 5.32 Å². The van der Waals surface area contributed by atoms with Crippen LogP contribution in [-0.2, 0) is 17.5 Å². The molecule has 0 saturated heterocycles. The molecule has 2 atom stereocenters. The number of hydrogen-bond acceptors (Lipinski definition) is 3. The van der Waals surface area contributed by atoms with E-state index in [1.54, 1.807) is 13.8 Å². The van der Waals surface area contributed by atoms with Gasteiger partial charge in [-0.15, -0.1) is 0 Å². The zero-order valence-electron chi connectivity index (χ0n) is 10.6. The molecule has 0 bridgehead atoms. The third-order valence-electron chi connectivity index (χ3n) is 2.34. The van der Waals surface area contributed by atoms with Gasteiger partial charge in [-0.3, -0.25) is 9.48 Å². The van der Waals surface area contributed by atoms with Gasteiger partial charge in [0.25, 0.3) is 0 Å². The maximum Gasteiger partial charge on any atom is 0.435 e. The van der Waals surface area contributed by atoms with Crippen molar-refractivity contribution in [1.29, 1.82) is 0 Å². The van der Waals surface area contributed by atoms with Crippen molar-refractivity contribution >= 4 is 5.91 Å². The lowest BCUT2D eigenvalue weighted by Crippen LogP contribution is -2.36. The first-order valence-corrected chi connectivity index (χ1v) is 5.76. The third-order valence-corrected chi connectivity index (χ3v) is 2.34. The van der Waals surface area contributed by atoms with Crippen molar-refractivity contribution in [3.05, 3.63) is 18.0 Å². The molecule has 1 aromatic rings. The van der Waals surface area contributed by atoms with E-state index in [2.05, 4.69) is 10.4 Å². The molecule has 2 unspecified atom stereocenters. The number of aliphatic hydroxyl groups is 1. The number of carbonyl (C=O) groups excluding carboxylic acids is 1. The lowest BCUT2D eigenvalue weighted by atomic mass is 10.1. The Bertz CT molecular complexity index is 429. The van der Waals surface area contributed by atoms with E-state index in [4.69, 9.17) is 5.11 Å². The van der Waals surface area contributed by atoms with E-state index in [1.807, 2.05) is 0 Å². The summed E-state index contributed by atoms with van der Waals surface area (Å²) in [6.07, 6.45) is -3.60. The molecular formula is C11H16F3N3O2. The van der Waals surface area contributed by atoms with Crippen molar-refractivity contribution in [2.24, 2.45) is 0 Å². The molecule has 0 aliphatic heterocycles. The van der Waals surface area contributed by atoms with Crippen LogP contribution >= 0.6 is 0 Å². The molecule has 0 spiro atoms. The molecule has 1 amide bonds. The van der Waals surface area contributed by atoms with Crippen LogP contribution in [0.3, 0.4) is 0 Å². The standard InChI is InChI=1S/C11H16F3N3O2/c1-7(5-8(2)18)15-10(19)6-17-4-3-9(16-17)11(12,13)14/h3-4,7-8,18H,5-6H2,1-2H3,(H,15,19). The summed E-state index contributed by atoms with van der Waals surface area (Å²) in [6, 6.07) is 0.553. The van der Waals surface area contributed by atoms with Crippen LogP contribution in [0.25, 0.3) is 0 Å². The Kier molecular flexibility index (Phi) is 4.93. The molecular weight excluding hydrogens is 263 g/mol. The van der Waals surface area contributed by atoms with Gasteiger partial charge in [-0.1, -0.05) is 0 Å². The van der Waals surface area contributed by atoms with Crippen LogP contribution in [-0.4, -0.2) is 32.9 Å². The molecule has 0 aliphatic rings. The average Bonchev–Trinajstić information content (AvgIpc) is 2.63. The van der Waals surface area contributed by atoms with Crippen molar-refractivity contribution in [3.63, 3.8) is 0 Å². The Morgan fingerprint density at radius 2 is 2.16 bits per heavy atom. The third kappa shape index (κ3) is 5.29. The van der Waals surface area contributed by atoms with Crippen LogP contribution in [0.4, 0.5) is 13.2 Å². The molecule has 1 heterocycles. The molecule has 19 heavy (non-hydrogen) atoms. The van der Waals surface area contributed by atoms with Crippen LogP contribution in [0.1, 0.15) is 26.0 Å². The van der Waals surface area contributed by atoms with Crippen LogP contribution in [0, 0.1) is 0 Å². The lowest BCUT2D eigenvalue weighted by molar-refractivity contribution is -0.141. The average molecular weight is 279 g/mol. The van der Waals surface area contributed by atoms with Crippen molar-refractivity contribution in [2.45, 2.75) is 45.1 Å². The van der Waals surface area contributed by atoms with E-state index >= 15 is 0 Å². The molecule has 8 heteroatoms. The molecule has 0 radical (unpaired) electrons. The van der Waals surface area contributed by atoms with Gasteiger partial charge in [0.1, 0.15) is 6.54 Å². The molecule has 5 nitrogen and oxygen atoms in total. The highest BCUT2D eigenvalue weighted by Gasteiger charge is 2.33. The molecule has 0 aliphatic carbocycles. The monoisotopic (exact) mass is 279 g/mol. The fraction of sp³-hybridized carbons (Fsp3) is 0.636. The van der Waals surface area contributed by atoms with Gasteiger partial charge in [-0.2, -0.15) is 18.3 Å². The summed E-state index contributed by atoms with van der Waals surface area (Å²) in [6.45, 7) is 3.00. The number of nitrogens with one attached hydrogen (secondary N) is 1. The predicted octanol–water partition coefficient (Wildman–Crippen LogP) is 1.18. The smallest absolute Gasteiger partial charge is 0.393 e. The predicted molar refractivity (Wildman–Crippen MR) is 61.1 cm³/mol. The molecule has 0 saturated carbocycles. The molecule has 0 aromatic carbocycles. The SMILES string of the molecule is CC(O)CC(C)NC(=O)Cn1ccc(C(F)(F)F)n1. The highest BCUT2D eigenvalue weighted by Crippen LogP contribution is 2.27. The van der Waals surface area contributed by atoms with E-state index in [1.165, 1.54) is 0 Å². The number of aliphatic hydroxyl groups excluding tert-OH is 1. The van der Waals surface area contributed by atoms with Crippen molar-refractivity contribution < 1.29 is 23.1 Å². The summed E-state index contributed by atoms with van der Waals surface area (Å²) in [5.74, 6) is -0.454. The zero-order valence-corrected chi connectivity index (χ0v) is 10.6. The summed E-state index contributed by atoms with van der Waals surface area (Å²) in [5, 5.41) is 15.0. The van der Waals surface area contributed by atoms with E-state index in [-0.39, 0.29) is 12.6 Å². The summed E-state index contributed by atoms with van der Waals surface area (Å²) < 4.78 is 37.8. The topological polar surface area (TPSA) is 67.2 Å². The minimum absolute atomic E-state index is 0.259. The first-order chi connectivity index (χ1) is 8.68. The number of aromatic nitrogens is 2. The largest absolute Gasteiger partial charge is 0.435 e. The number of alkyl halides is 3. The maximum atomic E-state index is 12.3. The van der Waals surface area contributed by atoms with Gasteiger partial charge in [0.2, 0.25) is 5.91 Å². The lowest BCUT2D eigenvalue weighted by Gasteiger charge is -2.15. The summed E-state index contributed by atoms with van der Waals surface area (Å²) in [7, 11) is 0. The van der Waals surface area contributed by atoms with Crippen LogP contribution in [0.5, 0.6) is 0 Å². The van der Waals surface area contributed by atoms with Crippen LogP contribution in [0.15, 0.2) is 12.3 Å². The molecule has 108 valence electrons. The van der Waals surface area contributed by atoms with E-state index in [0.717, 1.165) is 16.9 Å². The van der Waals surface area contributed by atoms with Crippen molar-refractivity contribution in [2.75, 3.05) is 0 Å². The summed E-state index contributed by atoms with van der Waals surface area (Å²) in [5.41, 5.74) is -1.03. The number of hydrogen-bond donors (Lipinski definition) is 2. The zero-order chi connectivity index (χ0) is 14.6. The van der Waals surface area contributed by atoms with Gasteiger partial charge in [0.05, 0.1) is 6.10 Å². The summed E-state index contributed by atoms with van der Waals surface area (Å²) in [4.78, 5) is 11.5. The fourth-order valence-corrected chi connectivity index (χ4v) is 1.64. The van der Waals surface area contributed by atoms with E-state index < -0.39 is 23.9 Å². The molecule has 2 N–H and O–H groups in total. The van der Waals surface area contributed by atoms with Gasteiger partial charge in [0, 0.05) is 12.2 Å². The van der Waals surface area contributed by atoms with Gasteiger partial charge in [-0.25, -0.2) is 0 Å². The van der Waals surface area contributed by atoms with Gasteiger partial charge < -0.3 is 10.4 Å². The van der Waals surface area contributed by atoms with E-state index in [9.17, 15) is 18.0 Å². The Balaban J connectivity index is 2.51. The number of halogens is 3. The Labute approximate surface area is 108 Å². The number of amides is 1. The number of nitrogens with zero attached hydrogens (tertiary/aromatic N) is 2. The fourth-order valence-electron chi connectivity index (χ4n) is 1.64. The second-order valence-electron chi connectivity index (χ2n) is 4.45. The highest BCUT2D eigenvalue weighted by atomic mass is 19.4. The van der Waals surface area contributed by atoms with Crippen molar-refractivity contribution in [3.8, 4) is 0 Å². The van der Waals surface area contributed by atoms with Crippen LogP contribution in [0.2, 0.25) is 0 Å². The van der Waals surface area contributed by atoms with Crippen molar-refractivity contribution in [1.82, 2.24) is 15.1 Å². The minimum Gasteiger partial charge on any atom is -0.393 e. The Morgan fingerprint density at radius 1 is 1.53 bits per heavy atom. The van der Waals surface area contributed by atoms with Gasteiger partial charge >= 0.3 is 6.18 Å². The first kappa shape index (κ1) is 15.5. The highest BCUT2D eigenvalue weighted by molar-refractivity contribution is 5.75. The molecule has 0 fully saturated rings.